The maximum atomic E-state index is 12.4. The first-order valence-corrected chi connectivity index (χ1v) is 6.91. The van der Waals surface area contributed by atoms with Crippen LogP contribution in [-0.4, -0.2) is 36.1 Å². The van der Waals surface area contributed by atoms with Crippen LogP contribution in [0.3, 0.4) is 0 Å². The average molecular weight is 286 g/mol. The van der Waals surface area contributed by atoms with Gasteiger partial charge in [0.25, 0.3) is 5.91 Å². The van der Waals surface area contributed by atoms with Crippen LogP contribution in [0, 0.1) is 18.8 Å². The van der Waals surface area contributed by atoms with Gasteiger partial charge in [0.15, 0.2) is 0 Å². The van der Waals surface area contributed by atoms with Crippen LogP contribution in [0.4, 0.5) is 0 Å². The zero-order chi connectivity index (χ0) is 15.2. The van der Waals surface area contributed by atoms with Crippen molar-refractivity contribution in [3.63, 3.8) is 0 Å². The Balaban J connectivity index is 2.21. The lowest BCUT2D eigenvalue weighted by Gasteiger charge is -2.23. The molecule has 1 aromatic carbocycles. The number of carbonyl (C=O) groups excluding carboxylic acids is 2. The van der Waals surface area contributed by atoms with E-state index in [9.17, 15) is 9.59 Å². The highest BCUT2D eigenvalue weighted by Gasteiger charge is 2.24. The summed E-state index contributed by atoms with van der Waals surface area (Å²) in [5.41, 5.74) is 1.90. The molecule has 1 aliphatic heterocycles. The fourth-order valence-corrected chi connectivity index (χ4v) is 2.24. The molecule has 0 spiro atoms. The molecule has 0 aromatic heterocycles. The van der Waals surface area contributed by atoms with Crippen LogP contribution < -0.4 is 10.6 Å². The Labute approximate surface area is 123 Å². The zero-order valence-corrected chi connectivity index (χ0v) is 11.9. The van der Waals surface area contributed by atoms with Crippen LogP contribution in [0.1, 0.15) is 34.3 Å². The number of piperidine rings is 1. The van der Waals surface area contributed by atoms with Crippen LogP contribution in [0.25, 0.3) is 0 Å². The SMILES string of the molecule is Cc1ccc(C#CCO)c(C(=O)NC2CCCNC2=O)c1. The maximum Gasteiger partial charge on any atom is 0.253 e. The second kappa shape index (κ2) is 6.91. The molecule has 0 bridgehead atoms. The van der Waals surface area contributed by atoms with E-state index in [1.807, 2.05) is 13.0 Å². The fourth-order valence-electron chi connectivity index (χ4n) is 2.24. The second-order valence-corrected chi connectivity index (χ2v) is 4.97. The second-order valence-electron chi connectivity index (χ2n) is 4.97. The van der Waals surface area contributed by atoms with Gasteiger partial charge in [0.1, 0.15) is 12.6 Å². The Morgan fingerprint density at radius 3 is 3.05 bits per heavy atom. The molecule has 110 valence electrons. The highest BCUT2D eigenvalue weighted by Crippen LogP contribution is 2.12. The Morgan fingerprint density at radius 1 is 1.52 bits per heavy atom. The largest absolute Gasteiger partial charge is 0.384 e. The summed E-state index contributed by atoms with van der Waals surface area (Å²) >= 11 is 0. The molecule has 1 fully saturated rings. The molecule has 0 aliphatic carbocycles. The lowest BCUT2D eigenvalue weighted by Crippen LogP contribution is -2.50. The topological polar surface area (TPSA) is 78.4 Å². The number of rotatable bonds is 2. The Morgan fingerprint density at radius 2 is 2.33 bits per heavy atom. The molecule has 1 aliphatic rings. The number of nitrogens with one attached hydrogen (secondary N) is 2. The van der Waals surface area contributed by atoms with Crippen molar-refractivity contribution >= 4 is 11.8 Å². The van der Waals surface area contributed by atoms with E-state index in [2.05, 4.69) is 22.5 Å². The maximum absolute atomic E-state index is 12.4. The van der Waals surface area contributed by atoms with Crippen LogP contribution in [0.5, 0.6) is 0 Å². The van der Waals surface area contributed by atoms with E-state index in [4.69, 9.17) is 5.11 Å². The normalized spacial score (nSPS) is 17.4. The summed E-state index contributed by atoms with van der Waals surface area (Å²) in [7, 11) is 0. The summed E-state index contributed by atoms with van der Waals surface area (Å²) in [6, 6.07) is 4.84. The third kappa shape index (κ3) is 3.83. The van der Waals surface area contributed by atoms with E-state index in [0.717, 1.165) is 12.0 Å². The zero-order valence-electron chi connectivity index (χ0n) is 11.9. The molecule has 2 amide bonds. The van der Waals surface area contributed by atoms with Crippen molar-refractivity contribution in [2.75, 3.05) is 13.2 Å². The van der Waals surface area contributed by atoms with E-state index in [-0.39, 0.29) is 18.4 Å². The minimum absolute atomic E-state index is 0.148. The molecule has 1 aromatic rings. The molecule has 5 nitrogen and oxygen atoms in total. The summed E-state index contributed by atoms with van der Waals surface area (Å²) in [5.74, 6) is 4.83. The summed E-state index contributed by atoms with van der Waals surface area (Å²) < 4.78 is 0. The standard InChI is InChI=1S/C16H18N2O3/c1-11-6-7-12(4-3-9-19)13(10-11)15(20)18-14-5-2-8-17-16(14)21/h6-7,10,14,19H,2,5,8-9H2,1H3,(H,17,21)(H,18,20). The molecular formula is C16H18N2O3. The average Bonchev–Trinajstić information content (AvgIpc) is 2.48. The number of benzene rings is 1. The molecule has 1 saturated heterocycles. The van der Waals surface area contributed by atoms with E-state index >= 15 is 0 Å². The fraction of sp³-hybridized carbons (Fsp3) is 0.375. The van der Waals surface area contributed by atoms with Gasteiger partial charge < -0.3 is 15.7 Å². The molecule has 1 atom stereocenters. The van der Waals surface area contributed by atoms with Crippen molar-refractivity contribution in [2.24, 2.45) is 0 Å². The number of aliphatic hydroxyl groups excluding tert-OH is 1. The van der Waals surface area contributed by atoms with Gasteiger partial charge in [0, 0.05) is 12.1 Å². The molecule has 1 heterocycles. The van der Waals surface area contributed by atoms with Gasteiger partial charge in [-0.05, 0) is 31.9 Å². The predicted octanol–water partition coefficient (Wildman–Crippen LogP) is 0.347. The Bertz CT molecular complexity index is 614. The minimum Gasteiger partial charge on any atom is -0.384 e. The molecule has 0 saturated carbocycles. The van der Waals surface area contributed by atoms with Crippen LogP contribution in [0.2, 0.25) is 0 Å². The van der Waals surface area contributed by atoms with Gasteiger partial charge in [-0.3, -0.25) is 9.59 Å². The molecule has 21 heavy (non-hydrogen) atoms. The van der Waals surface area contributed by atoms with Gasteiger partial charge in [-0.1, -0.05) is 23.5 Å². The van der Waals surface area contributed by atoms with Crippen LogP contribution >= 0.6 is 0 Å². The number of hydrogen-bond donors (Lipinski definition) is 3. The van der Waals surface area contributed by atoms with E-state index in [0.29, 0.717) is 24.1 Å². The number of amides is 2. The minimum atomic E-state index is -0.495. The van der Waals surface area contributed by atoms with Crippen molar-refractivity contribution in [2.45, 2.75) is 25.8 Å². The van der Waals surface area contributed by atoms with Crippen molar-refractivity contribution in [1.82, 2.24) is 10.6 Å². The summed E-state index contributed by atoms with van der Waals surface area (Å²) in [5, 5.41) is 14.3. The van der Waals surface area contributed by atoms with Gasteiger partial charge in [0.05, 0.1) is 5.56 Å². The molecular weight excluding hydrogens is 268 g/mol. The Kier molecular flexibility index (Phi) is 4.96. The number of hydrogen-bond acceptors (Lipinski definition) is 3. The first-order chi connectivity index (χ1) is 10.1. The molecule has 2 rings (SSSR count). The van der Waals surface area contributed by atoms with Crippen molar-refractivity contribution in [3.8, 4) is 11.8 Å². The predicted molar refractivity (Wildman–Crippen MR) is 78.6 cm³/mol. The summed E-state index contributed by atoms with van der Waals surface area (Å²) in [6.45, 7) is 2.27. The quantitative estimate of drug-likeness (QED) is 0.686. The smallest absolute Gasteiger partial charge is 0.253 e. The van der Waals surface area contributed by atoms with E-state index in [1.54, 1.807) is 12.1 Å². The molecule has 3 N–H and O–H groups in total. The lowest BCUT2D eigenvalue weighted by molar-refractivity contribution is -0.124. The number of carbonyl (C=O) groups is 2. The third-order valence-corrected chi connectivity index (χ3v) is 3.31. The van der Waals surface area contributed by atoms with Crippen LogP contribution in [-0.2, 0) is 4.79 Å². The monoisotopic (exact) mass is 286 g/mol. The molecule has 0 radical (unpaired) electrons. The van der Waals surface area contributed by atoms with Gasteiger partial charge >= 0.3 is 0 Å². The van der Waals surface area contributed by atoms with Gasteiger partial charge in [-0.2, -0.15) is 0 Å². The van der Waals surface area contributed by atoms with Crippen molar-refractivity contribution in [3.05, 3.63) is 34.9 Å². The van der Waals surface area contributed by atoms with E-state index < -0.39 is 6.04 Å². The van der Waals surface area contributed by atoms with Gasteiger partial charge in [0.2, 0.25) is 5.91 Å². The number of aryl methyl sites for hydroxylation is 1. The van der Waals surface area contributed by atoms with Crippen molar-refractivity contribution in [1.29, 1.82) is 0 Å². The first-order valence-electron chi connectivity index (χ1n) is 6.91. The Hall–Kier alpha value is -2.32. The van der Waals surface area contributed by atoms with Crippen LogP contribution in [0.15, 0.2) is 18.2 Å². The lowest BCUT2D eigenvalue weighted by atomic mass is 10.0. The third-order valence-electron chi connectivity index (χ3n) is 3.31. The van der Waals surface area contributed by atoms with E-state index in [1.165, 1.54) is 0 Å². The van der Waals surface area contributed by atoms with Gasteiger partial charge in [-0.15, -0.1) is 0 Å². The molecule has 1 unspecified atom stereocenters. The summed E-state index contributed by atoms with van der Waals surface area (Å²) in [4.78, 5) is 24.1. The summed E-state index contributed by atoms with van der Waals surface area (Å²) in [6.07, 6.45) is 1.49. The van der Waals surface area contributed by atoms with Gasteiger partial charge in [-0.25, -0.2) is 0 Å². The number of aliphatic hydroxyl groups is 1. The highest BCUT2D eigenvalue weighted by molar-refractivity contribution is 5.99. The first kappa shape index (κ1) is 15.1. The van der Waals surface area contributed by atoms with Crippen molar-refractivity contribution < 1.29 is 14.7 Å². The highest BCUT2D eigenvalue weighted by atomic mass is 16.2. The molecule has 5 heteroatoms.